The van der Waals surface area contributed by atoms with Gasteiger partial charge in [0.1, 0.15) is 11.5 Å². The molecule has 1 aromatic heterocycles. The zero-order valence-corrected chi connectivity index (χ0v) is 28.9. The summed E-state index contributed by atoms with van der Waals surface area (Å²) in [6, 6.07) is 60.8. The molecule has 3 heterocycles. The summed E-state index contributed by atoms with van der Waals surface area (Å²) in [4.78, 5) is 15.5. The average molecular weight is 681 g/mol. The van der Waals surface area contributed by atoms with E-state index in [2.05, 4.69) is 109 Å². The van der Waals surface area contributed by atoms with E-state index in [0.717, 1.165) is 39.3 Å². The van der Waals surface area contributed by atoms with Crippen molar-refractivity contribution in [1.29, 1.82) is 5.26 Å². The highest BCUT2D eigenvalue weighted by molar-refractivity contribution is 7.23. The van der Waals surface area contributed by atoms with E-state index in [9.17, 15) is 5.26 Å². The summed E-state index contributed by atoms with van der Waals surface area (Å²) in [5.74, 6) is 3.66. The Morgan fingerprint density at radius 3 is 1.69 bits per heavy atom. The van der Waals surface area contributed by atoms with Crippen LogP contribution in [0.3, 0.4) is 0 Å². The highest BCUT2D eigenvalue weighted by atomic mass is 28.3. The van der Waals surface area contributed by atoms with Crippen LogP contribution in [-0.2, 0) is 0 Å². The number of ether oxygens (including phenoxy) is 1. The molecular weight excluding hydrogens is 653 g/mol. The van der Waals surface area contributed by atoms with Crippen LogP contribution < -0.4 is 25.5 Å². The van der Waals surface area contributed by atoms with E-state index in [1.165, 1.54) is 31.9 Å². The van der Waals surface area contributed by atoms with Gasteiger partial charge in [0.15, 0.2) is 25.5 Å². The van der Waals surface area contributed by atoms with Crippen molar-refractivity contribution in [2.24, 2.45) is 0 Å². The molecule has 0 aliphatic carbocycles. The highest BCUT2D eigenvalue weighted by Crippen LogP contribution is 2.40. The van der Waals surface area contributed by atoms with Gasteiger partial charge in [-0.3, -0.25) is 0 Å². The van der Waals surface area contributed by atoms with Gasteiger partial charge in [-0.25, -0.2) is 15.0 Å². The predicted molar refractivity (Wildman–Crippen MR) is 209 cm³/mol. The molecule has 0 unspecified atom stereocenters. The van der Waals surface area contributed by atoms with Gasteiger partial charge in [-0.2, -0.15) is 5.26 Å². The van der Waals surface area contributed by atoms with Crippen molar-refractivity contribution in [1.82, 2.24) is 15.0 Å². The molecule has 8 aromatic rings. The lowest BCUT2D eigenvalue weighted by molar-refractivity contribution is 0.487. The Labute approximate surface area is 302 Å². The SMILES string of the molecule is N#Cc1ccc(-c2cccc(-c3nc(-c4ccccc4)nc(-c4cccc5c4-c4ccccc4[Si]54c5ccccc5Oc5ccccc54)n3)c2)cc1. The van der Waals surface area contributed by atoms with Crippen LogP contribution >= 0.6 is 0 Å². The highest BCUT2D eigenvalue weighted by Gasteiger charge is 2.53. The zero-order chi connectivity index (χ0) is 34.6. The summed E-state index contributed by atoms with van der Waals surface area (Å²) < 4.78 is 6.58. The van der Waals surface area contributed by atoms with E-state index < -0.39 is 8.07 Å². The van der Waals surface area contributed by atoms with Gasteiger partial charge < -0.3 is 4.74 Å². The molecule has 1 spiro atoms. The second kappa shape index (κ2) is 11.8. The Hall–Kier alpha value is -6.94. The van der Waals surface area contributed by atoms with E-state index >= 15 is 0 Å². The maximum absolute atomic E-state index is 9.33. The Morgan fingerprint density at radius 2 is 0.962 bits per heavy atom. The fourth-order valence-corrected chi connectivity index (χ4v) is 13.4. The Bertz CT molecular complexity index is 2690. The number of nitrogens with zero attached hydrogens (tertiary/aromatic N) is 4. The predicted octanol–water partition coefficient (Wildman–Crippen LogP) is 7.87. The molecule has 5 nitrogen and oxygen atoms in total. The topological polar surface area (TPSA) is 71.7 Å². The molecular formula is C46H28N4OSi. The van der Waals surface area contributed by atoms with Gasteiger partial charge >= 0.3 is 0 Å². The van der Waals surface area contributed by atoms with Crippen molar-refractivity contribution in [2.45, 2.75) is 0 Å². The van der Waals surface area contributed by atoms with Gasteiger partial charge in [-0.15, -0.1) is 0 Å². The zero-order valence-electron chi connectivity index (χ0n) is 27.9. The molecule has 0 saturated carbocycles. The van der Waals surface area contributed by atoms with E-state index in [0.29, 0.717) is 23.0 Å². The first-order valence-electron chi connectivity index (χ1n) is 17.3. The molecule has 0 bridgehead atoms. The van der Waals surface area contributed by atoms with Gasteiger partial charge in [-0.05, 0) is 73.3 Å². The van der Waals surface area contributed by atoms with E-state index in [-0.39, 0.29) is 0 Å². The monoisotopic (exact) mass is 680 g/mol. The van der Waals surface area contributed by atoms with Crippen LogP contribution in [0, 0.1) is 11.3 Å². The van der Waals surface area contributed by atoms with Crippen LogP contribution in [-0.4, -0.2) is 23.0 Å². The number of rotatable bonds is 4. The first-order chi connectivity index (χ1) is 25.7. The molecule has 2 aliphatic rings. The normalized spacial score (nSPS) is 12.9. The number of benzene rings is 7. The van der Waals surface area contributed by atoms with Crippen LogP contribution in [0.4, 0.5) is 0 Å². The maximum atomic E-state index is 9.33. The van der Waals surface area contributed by atoms with E-state index in [1.54, 1.807) is 0 Å². The quantitative estimate of drug-likeness (QED) is 0.177. The van der Waals surface area contributed by atoms with Crippen LogP contribution in [0.2, 0.25) is 0 Å². The lowest BCUT2D eigenvalue weighted by atomic mass is 9.99. The molecule has 0 amide bonds. The Balaban J connectivity index is 1.22. The number of aromatic nitrogens is 3. The summed E-state index contributed by atoms with van der Waals surface area (Å²) in [5.41, 5.74) is 7.81. The third kappa shape index (κ3) is 4.50. The summed E-state index contributed by atoms with van der Waals surface area (Å²) >= 11 is 0. The Morgan fingerprint density at radius 1 is 0.423 bits per heavy atom. The summed E-state index contributed by atoms with van der Waals surface area (Å²) in [7, 11) is -2.79. The molecule has 0 radical (unpaired) electrons. The Kier molecular flexibility index (Phi) is 6.81. The molecule has 6 heteroatoms. The lowest BCUT2D eigenvalue weighted by Crippen LogP contribution is -2.74. The number of nitriles is 1. The largest absolute Gasteiger partial charge is 0.458 e. The summed E-state index contributed by atoms with van der Waals surface area (Å²) in [6.07, 6.45) is 0. The molecule has 0 N–H and O–H groups in total. The van der Waals surface area contributed by atoms with Crippen molar-refractivity contribution < 1.29 is 4.74 Å². The minimum Gasteiger partial charge on any atom is -0.458 e. The van der Waals surface area contributed by atoms with Gasteiger partial charge in [0, 0.05) is 16.7 Å². The van der Waals surface area contributed by atoms with Gasteiger partial charge in [0.05, 0.1) is 11.6 Å². The van der Waals surface area contributed by atoms with Crippen molar-refractivity contribution in [3.8, 4) is 74.0 Å². The van der Waals surface area contributed by atoms with Gasteiger partial charge in [0.25, 0.3) is 0 Å². The van der Waals surface area contributed by atoms with Crippen LogP contribution in [0.5, 0.6) is 11.5 Å². The minimum atomic E-state index is -2.79. The summed E-state index contributed by atoms with van der Waals surface area (Å²) in [5, 5.41) is 14.5. The molecule has 242 valence electrons. The third-order valence-corrected chi connectivity index (χ3v) is 15.2. The second-order valence-corrected chi connectivity index (χ2v) is 16.7. The fraction of sp³-hybridized carbons (Fsp3) is 0. The fourth-order valence-electron chi connectivity index (χ4n) is 8.01. The number of fused-ring (bicyclic) bond motifs is 9. The van der Waals surface area contributed by atoms with Crippen molar-refractivity contribution in [2.75, 3.05) is 0 Å². The number of hydrogen-bond acceptors (Lipinski definition) is 5. The van der Waals surface area contributed by atoms with Crippen molar-refractivity contribution >= 4 is 28.8 Å². The van der Waals surface area contributed by atoms with Crippen molar-refractivity contribution in [3.05, 3.63) is 175 Å². The summed E-state index contributed by atoms with van der Waals surface area (Å²) in [6.45, 7) is 0. The van der Waals surface area contributed by atoms with Gasteiger partial charge in [0.2, 0.25) is 0 Å². The smallest absolute Gasteiger partial charge is 0.189 e. The first-order valence-corrected chi connectivity index (χ1v) is 19.3. The van der Waals surface area contributed by atoms with Crippen molar-refractivity contribution in [3.63, 3.8) is 0 Å². The maximum Gasteiger partial charge on any atom is 0.189 e. The second-order valence-electron chi connectivity index (χ2n) is 13.1. The first kappa shape index (κ1) is 29.9. The van der Waals surface area contributed by atoms with Crippen LogP contribution in [0.15, 0.2) is 170 Å². The lowest BCUT2D eigenvalue weighted by Gasteiger charge is -2.37. The van der Waals surface area contributed by atoms with E-state index in [4.69, 9.17) is 19.7 Å². The molecule has 0 atom stereocenters. The molecule has 10 rings (SSSR count). The standard InChI is InChI=1S/C46H28N4OSi/c47-29-30-24-26-31(27-25-30)33-14-10-15-34(28-33)45-48-44(32-12-2-1-3-13-32)49-46(50-45)36-17-11-23-42-43(36)35-16-4-7-20-39(35)52(42)40-21-8-5-18-37(40)51-38-19-6-9-22-41(38)52/h1-28H. The third-order valence-electron chi connectivity index (χ3n) is 10.2. The number of para-hydroxylation sites is 2. The molecule has 0 fully saturated rings. The van der Waals surface area contributed by atoms with Crippen LogP contribution in [0.1, 0.15) is 5.56 Å². The molecule has 0 saturated heterocycles. The molecule has 7 aromatic carbocycles. The van der Waals surface area contributed by atoms with E-state index in [1.807, 2.05) is 66.7 Å². The van der Waals surface area contributed by atoms with Gasteiger partial charge in [-0.1, -0.05) is 140 Å². The minimum absolute atomic E-state index is 0.594. The van der Waals surface area contributed by atoms with Crippen LogP contribution in [0.25, 0.3) is 56.4 Å². The molecule has 2 aliphatic heterocycles. The average Bonchev–Trinajstić information content (AvgIpc) is 3.52. The number of hydrogen-bond donors (Lipinski definition) is 0. The molecule has 52 heavy (non-hydrogen) atoms.